The van der Waals surface area contributed by atoms with E-state index < -0.39 is 16.4 Å². The molecule has 130 valence electrons. The molecule has 2 rings (SSSR count). The summed E-state index contributed by atoms with van der Waals surface area (Å²) in [7, 11) is 0. The Balaban J connectivity index is 1.72. The second-order valence-corrected chi connectivity index (χ2v) is 6.68. The highest BCUT2D eigenvalue weighted by Crippen LogP contribution is 2.28. The Morgan fingerprint density at radius 1 is 1.33 bits per heavy atom. The molecule has 1 unspecified atom stereocenters. The molecule has 1 atom stereocenters. The second kappa shape index (κ2) is 8.00. The van der Waals surface area contributed by atoms with Crippen LogP contribution < -0.4 is 10.6 Å². The van der Waals surface area contributed by atoms with Gasteiger partial charge in [0.25, 0.3) is 5.69 Å². The lowest BCUT2D eigenvalue weighted by Crippen LogP contribution is -2.54. The molecular weight excluding hydrogens is 334 g/mol. The van der Waals surface area contributed by atoms with E-state index in [1.54, 1.807) is 12.1 Å². The van der Waals surface area contributed by atoms with Crippen molar-refractivity contribution in [3.63, 3.8) is 0 Å². The lowest BCUT2D eigenvalue weighted by molar-refractivity contribution is -0.384. The van der Waals surface area contributed by atoms with Crippen LogP contribution in [0.3, 0.4) is 0 Å². The van der Waals surface area contributed by atoms with E-state index in [1.807, 2.05) is 0 Å². The van der Waals surface area contributed by atoms with E-state index in [-0.39, 0.29) is 18.0 Å². The van der Waals surface area contributed by atoms with Gasteiger partial charge in [0.1, 0.15) is 5.54 Å². The monoisotopic (exact) mass is 353 g/mol. The number of anilines is 1. The Bertz CT molecular complexity index is 614. The molecule has 0 bridgehead atoms. The molecular formula is C15H19N3O5S. The standard InChI is InChI=1S/C15H19N3O5S/c19-13(17-15(14(20)21)7-9-24-10-15)2-1-8-16-11-3-5-12(6-4-11)18(22)23/h3-6,16H,1-2,7-10H2,(H,17,19)(H,20,21). The minimum absolute atomic E-state index is 0.0216. The first-order chi connectivity index (χ1) is 11.4. The topological polar surface area (TPSA) is 122 Å². The van der Waals surface area contributed by atoms with Crippen LogP contribution in [0.4, 0.5) is 11.4 Å². The number of nitro groups is 1. The molecule has 3 N–H and O–H groups in total. The Kier molecular flexibility index (Phi) is 6.02. The van der Waals surface area contributed by atoms with E-state index >= 15 is 0 Å². The zero-order valence-electron chi connectivity index (χ0n) is 13.0. The van der Waals surface area contributed by atoms with Gasteiger partial charge in [-0.2, -0.15) is 11.8 Å². The van der Waals surface area contributed by atoms with Gasteiger partial charge in [-0.15, -0.1) is 0 Å². The van der Waals surface area contributed by atoms with Gasteiger partial charge in [0, 0.05) is 36.5 Å². The van der Waals surface area contributed by atoms with Crippen molar-refractivity contribution in [2.75, 3.05) is 23.4 Å². The third-order valence-corrected chi connectivity index (χ3v) is 4.99. The number of nitro benzene ring substituents is 1. The van der Waals surface area contributed by atoms with Gasteiger partial charge in [0.15, 0.2) is 0 Å². The molecule has 1 aliphatic heterocycles. The molecule has 1 fully saturated rings. The van der Waals surface area contributed by atoms with E-state index in [0.717, 1.165) is 11.4 Å². The van der Waals surface area contributed by atoms with Gasteiger partial charge in [0.2, 0.25) is 5.91 Å². The fourth-order valence-corrected chi connectivity index (χ4v) is 3.72. The Labute approximate surface area is 143 Å². The van der Waals surface area contributed by atoms with Crippen LogP contribution in [0.5, 0.6) is 0 Å². The van der Waals surface area contributed by atoms with Crippen molar-refractivity contribution in [2.45, 2.75) is 24.8 Å². The molecule has 0 aromatic heterocycles. The van der Waals surface area contributed by atoms with Gasteiger partial charge in [-0.3, -0.25) is 14.9 Å². The number of thioether (sulfide) groups is 1. The third-order valence-electron chi connectivity index (χ3n) is 3.80. The molecule has 1 aliphatic rings. The van der Waals surface area contributed by atoms with Crippen molar-refractivity contribution in [1.82, 2.24) is 5.32 Å². The van der Waals surface area contributed by atoms with Crippen molar-refractivity contribution in [2.24, 2.45) is 0 Å². The van der Waals surface area contributed by atoms with Gasteiger partial charge in [-0.25, -0.2) is 4.79 Å². The number of carbonyl (C=O) groups excluding carboxylic acids is 1. The van der Waals surface area contributed by atoms with Crippen molar-refractivity contribution >= 4 is 35.0 Å². The molecule has 1 aromatic carbocycles. The fraction of sp³-hybridized carbons (Fsp3) is 0.467. The minimum atomic E-state index is -1.13. The molecule has 24 heavy (non-hydrogen) atoms. The van der Waals surface area contributed by atoms with Crippen LogP contribution in [-0.4, -0.2) is 45.5 Å². The van der Waals surface area contributed by atoms with E-state index in [9.17, 15) is 24.8 Å². The van der Waals surface area contributed by atoms with E-state index in [0.29, 0.717) is 25.1 Å². The summed E-state index contributed by atoms with van der Waals surface area (Å²) in [6, 6.07) is 6.02. The highest BCUT2D eigenvalue weighted by molar-refractivity contribution is 7.99. The molecule has 0 aliphatic carbocycles. The molecule has 0 saturated carbocycles. The number of amides is 1. The highest BCUT2D eigenvalue weighted by atomic mass is 32.2. The fourth-order valence-electron chi connectivity index (χ4n) is 2.40. The summed E-state index contributed by atoms with van der Waals surface area (Å²) in [5.41, 5.74) is -0.378. The third kappa shape index (κ3) is 4.60. The Morgan fingerprint density at radius 3 is 2.58 bits per heavy atom. The Hall–Kier alpha value is -2.29. The number of rotatable bonds is 8. The number of non-ortho nitro benzene ring substituents is 1. The van der Waals surface area contributed by atoms with E-state index in [2.05, 4.69) is 10.6 Å². The molecule has 9 heteroatoms. The van der Waals surface area contributed by atoms with Crippen LogP contribution >= 0.6 is 11.8 Å². The summed E-state index contributed by atoms with van der Waals surface area (Å²) in [5.74, 6) is -0.126. The average molecular weight is 353 g/mol. The van der Waals surface area contributed by atoms with Crippen LogP contribution in [-0.2, 0) is 9.59 Å². The summed E-state index contributed by atoms with van der Waals surface area (Å²) in [6.07, 6.45) is 1.20. The smallest absolute Gasteiger partial charge is 0.330 e. The number of benzene rings is 1. The Morgan fingerprint density at radius 2 is 2.04 bits per heavy atom. The van der Waals surface area contributed by atoms with Crippen molar-refractivity contribution in [3.8, 4) is 0 Å². The lowest BCUT2D eigenvalue weighted by atomic mass is 9.99. The van der Waals surface area contributed by atoms with Gasteiger partial charge in [-0.1, -0.05) is 0 Å². The maximum atomic E-state index is 12.0. The zero-order chi connectivity index (χ0) is 17.6. The second-order valence-electron chi connectivity index (χ2n) is 5.57. The average Bonchev–Trinajstić information content (AvgIpc) is 3.02. The number of carboxylic acids is 1. The molecule has 1 amide bonds. The van der Waals surface area contributed by atoms with Crippen molar-refractivity contribution in [1.29, 1.82) is 0 Å². The van der Waals surface area contributed by atoms with Crippen molar-refractivity contribution < 1.29 is 19.6 Å². The predicted octanol–water partition coefficient (Wildman–Crippen LogP) is 1.86. The maximum Gasteiger partial charge on any atom is 0.330 e. The predicted molar refractivity (Wildman–Crippen MR) is 91.3 cm³/mol. The maximum absolute atomic E-state index is 12.0. The SMILES string of the molecule is O=C(CCCNc1ccc([N+](=O)[O-])cc1)NC1(C(=O)O)CCSC1. The summed E-state index contributed by atoms with van der Waals surface area (Å²) < 4.78 is 0. The van der Waals surface area contributed by atoms with Crippen molar-refractivity contribution in [3.05, 3.63) is 34.4 Å². The number of carboxylic acid groups (broad SMARTS) is 1. The van der Waals surface area contributed by atoms with Crippen LogP contribution in [0.2, 0.25) is 0 Å². The van der Waals surface area contributed by atoms with Crippen LogP contribution in [0.25, 0.3) is 0 Å². The van der Waals surface area contributed by atoms with Crippen LogP contribution in [0.1, 0.15) is 19.3 Å². The van der Waals surface area contributed by atoms with Gasteiger partial charge in [0.05, 0.1) is 4.92 Å². The first-order valence-corrected chi connectivity index (χ1v) is 8.69. The highest BCUT2D eigenvalue weighted by Gasteiger charge is 2.42. The summed E-state index contributed by atoms with van der Waals surface area (Å²) >= 11 is 1.52. The number of hydrogen-bond donors (Lipinski definition) is 3. The number of aliphatic carboxylic acids is 1. The number of hydrogen-bond acceptors (Lipinski definition) is 6. The van der Waals surface area contributed by atoms with Gasteiger partial charge in [-0.05, 0) is 30.7 Å². The molecule has 1 aromatic rings. The first kappa shape index (κ1) is 18.1. The van der Waals surface area contributed by atoms with Crippen LogP contribution in [0.15, 0.2) is 24.3 Å². The summed E-state index contributed by atoms with van der Waals surface area (Å²) in [4.78, 5) is 33.4. The number of carbonyl (C=O) groups is 2. The molecule has 0 spiro atoms. The van der Waals surface area contributed by atoms with E-state index in [4.69, 9.17) is 0 Å². The number of nitrogens with one attached hydrogen (secondary N) is 2. The van der Waals surface area contributed by atoms with E-state index in [1.165, 1.54) is 23.9 Å². The van der Waals surface area contributed by atoms with Gasteiger partial charge < -0.3 is 15.7 Å². The lowest BCUT2D eigenvalue weighted by Gasteiger charge is -2.24. The zero-order valence-corrected chi connectivity index (χ0v) is 13.8. The molecule has 8 nitrogen and oxygen atoms in total. The van der Waals surface area contributed by atoms with Gasteiger partial charge >= 0.3 is 5.97 Å². The normalized spacial score (nSPS) is 19.7. The largest absolute Gasteiger partial charge is 0.479 e. The number of nitrogens with zero attached hydrogens (tertiary/aromatic N) is 1. The molecule has 1 saturated heterocycles. The quantitative estimate of drug-likeness (QED) is 0.370. The molecule has 1 heterocycles. The summed E-state index contributed by atoms with van der Waals surface area (Å²) in [5, 5.41) is 25.6. The summed E-state index contributed by atoms with van der Waals surface area (Å²) in [6.45, 7) is 0.514. The van der Waals surface area contributed by atoms with Crippen LogP contribution in [0, 0.1) is 10.1 Å². The first-order valence-electron chi connectivity index (χ1n) is 7.53. The molecule has 0 radical (unpaired) electrons. The minimum Gasteiger partial charge on any atom is -0.479 e.